The van der Waals surface area contributed by atoms with Gasteiger partial charge in [-0.05, 0) is 44.0 Å². The van der Waals surface area contributed by atoms with Crippen molar-refractivity contribution < 1.29 is 14.4 Å². The lowest BCUT2D eigenvalue weighted by molar-refractivity contribution is -0.122. The van der Waals surface area contributed by atoms with Crippen LogP contribution in [0.5, 0.6) is 0 Å². The summed E-state index contributed by atoms with van der Waals surface area (Å²) < 4.78 is 0. The Labute approximate surface area is 177 Å². The summed E-state index contributed by atoms with van der Waals surface area (Å²) in [6.45, 7) is 4.50. The highest BCUT2D eigenvalue weighted by Crippen LogP contribution is 2.43. The van der Waals surface area contributed by atoms with Gasteiger partial charge in [0.05, 0.1) is 11.3 Å². The second-order valence-electron chi connectivity index (χ2n) is 8.09. The number of carbonyl (C=O) groups excluding carboxylic acids is 3. The van der Waals surface area contributed by atoms with Gasteiger partial charge >= 0.3 is 0 Å². The van der Waals surface area contributed by atoms with Gasteiger partial charge in [0.25, 0.3) is 5.91 Å². The molecule has 2 aliphatic rings. The molecule has 0 radical (unpaired) electrons. The molecule has 6 heteroatoms. The number of anilines is 2. The minimum atomic E-state index is -0.828. The number of benzene rings is 2. The largest absolute Gasteiger partial charge is 0.311 e. The van der Waals surface area contributed by atoms with Gasteiger partial charge in [-0.25, -0.2) is 0 Å². The first-order chi connectivity index (χ1) is 14.5. The maximum Gasteiger partial charge on any atom is 0.258 e. The first-order valence-corrected chi connectivity index (χ1v) is 10.6. The maximum atomic E-state index is 13.4. The van der Waals surface area contributed by atoms with E-state index in [1.165, 1.54) is 0 Å². The highest BCUT2D eigenvalue weighted by atomic mass is 16.2. The first kappa shape index (κ1) is 20.1. The molecule has 1 atom stereocenters. The second-order valence-corrected chi connectivity index (χ2v) is 8.09. The molecule has 2 aromatic rings. The number of hydrogen-bond acceptors (Lipinski definition) is 3. The van der Waals surface area contributed by atoms with Gasteiger partial charge in [0, 0.05) is 18.7 Å². The highest BCUT2D eigenvalue weighted by Gasteiger charge is 2.53. The van der Waals surface area contributed by atoms with Crippen molar-refractivity contribution in [3.63, 3.8) is 0 Å². The Bertz CT molecular complexity index is 975. The highest BCUT2D eigenvalue weighted by molar-refractivity contribution is 6.11. The quantitative estimate of drug-likeness (QED) is 0.734. The molecule has 3 amide bonds. The summed E-state index contributed by atoms with van der Waals surface area (Å²) in [5, 5.41) is 0. The van der Waals surface area contributed by atoms with Gasteiger partial charge in [0.2, 0.25) is 11.8 Å². The molecule has 156 valence electrons. The smallest absolute Gasteiger partial charge is 0.258 e. The van der Waals surface area contributed by atoms with E-state index in [2.05, 4.69) is 6.92 Å². The maximum absolute atomic E-state index is 13.4. The van der Waals surface area contributed by atoms with Crippen molar-refractivity contribution in [1.29, 1.82) is 0 Å². The zero-order chi connectivity index (χ0) is 21.3. The van der Waals surface area contributed by atoms with Crippen molar-refractivity contribution in [2.45, 2.75) is 45.2 Å². The zero-order valence-corrected chi connectivity index (χ0v) is 17.5. The van der Waals surface area contributed by atoms with Gasteiger partial charge in [0.1, 0.15) is 12.2 Å². The number of amides is 3. The summed E-state index contributed by atoms with van der Waals surface area (Å²) in [6, 6.07) is 16.7. The van der Waals surface area contributed by atoms with Crippen LogP contribution in [0.25, 0.3) is 0 Å². The Morgan fingerprint density at radius 1 is 1.07 bits per heavy atom. The van der Waals surface area contributed by atoms with Crippen molar-refractivity contribution in [2.24, 2.45) is 0 Å². The topological polar surface area (TPSA) is 60.9 Å². The molecule has 2 aromatic carbocycles. The number of rotatable bonds is 6. The third-order valence-electron chi connectivity index (χ3n) is 6.14. The third-order valence-corrected chi connectivity index (χ3v) is 6.14. The van der Waals surface area contributed by atoms with Crippen LogP contribution in [0.2, 0.25) is 0 Å². The minimum absolute atomic E-state index is 0.0132. The van der Waals surface area contributed by atoms with Crippen molar-refractivity contribution in [3.8, 4) is 0 Å². The summed E-state index contributed by atoms with van der Waals surface area (Å²) in [5.41, 5.74) is 1.11. The van der Waals surface area contributed by atoms with Gasteiger partial charge in [-0.3, -0.25) is 19.3 Å². The van der Waals surface area contributed by atoms with Crippen LogP contribution in [0, 0.1) is 0 Å². The lowest BCUT2D eigenvalue weighted by Gasteiger charge is -2.48. The molecule has 1 unspecified atom stereocenters. The lowest BCUT2D eigenvalue weighted by atomic mass is 9.98. The standard InChI is InChI=1S/C24H27N3O3/c1-3-4-16-25(18-10-6-5-7-11-18)22(29)17-26-23(30)19-12-8-9-13-20(19)27-21(28)14-15-24(26,27)2/h5-13H,3-4,14-17H2,1-2H3. The number of para-hydroxylation sites is 2. The summed E-state index contributed by atoms with van der Waals surface area (Å²) >= 11 is 0. The number of carbonyl (C=O) groups is 3. The molecule has 2 aliphatic heterocycles. The molecule has 4 rings (SSSR count). The second kappa shape index (κ2) is 7.94. The van der Waals surface area contributed by atoms with Crippen molar-refractivity contribution >= 4 is 29.1 Å². The fourth-order valence-electron chi connectivity index (χ4n) is 4.48. The first-order valence-electron chi connectivity index (χ1n) is 10.6. The monoisotopic (exact) mass is 405 g/mol. The third kappa shape index (κ3) is 3.26. The predicted molar refractivity (Wildman–Crippen MR) is 116 cm³/mol. The Morgan fingerprint density at radius 2 is 1.77 bits per heavy atom. The molecule has 0 aliphatic carbocycles. The molecular formula is C24H27N3O3. The van der Waals surface area contributed by atoms with Crippen molar-refractivity contribution in [3.05, 3.63) is 60.2 Å². The summed E-state index contributed by atoms with van der Waals surface area (Å²) in [5.74, 6) is -0.348. The van der Waals surface area contributed by atoms with Crippen LogP contribution in [-0.2, 0) is 9.59 Å². The van der Waals surface area contributed by atoms with E-state index in [1.807, 2.05) is 49.4 Å². The van der Waals surface area contributed by atoms with E-state index in [9.17, 15) is 14.4 Å². The van der Waals surface area contributed by atoms with E-state index in [0.717, 1.165) is 18.5 Å². The molecule has 1 saturated heterocycles. The Balaban J connectivity index is 1.68. The predicted octanol–water partition coefficient (Wildman–Crippen LogP) is 3.82. The SMILES string of the molecule is CCCCN(C(=O)CN1C(=O)c2ccccc2N2C(=O)CCC12C)c1ccccc1. The number of unbranched alkanes of at least 4 members (excludes halogenated alkanes) is 1. The van der Waals surface area contributed by atoms with E-state index in [-0.39, 0.29) is 24.3 Å². The van der Waals surface area contributed by atoms with Crippen LogP contribution in [-0.4, -0.2) is 41.4 Å². The number of hydrogen-bond donors (Lipinski definition) is 0. The number of fused-ring (bicyclic) bond motifs is 3. The van der Waals surface area contributed by atoms with E-state index < -0.39 is 5.66 Å². The average Bonchev–Trinajstić information content (AvgIpc) is 3.07. The van der Waals surface area contributed by atoms with Crippen molar-refractivity contribution in [1.82, 2.24) is 4.90 Å². The molecule has 0 bridgehead atoms. The number of nitrogens with zero attached hydrogens (tertiary/aromatic N) is 3. The Hall–Kier alpha value is -3.15. The van der Waals surface area contributed by atoms with Crippen LogP contribution in [0.1, 0.15) is 49.9 Å². The molecule has 6 nitrogen and oxygen atoms in total. The zero-order valence-electron chi connectivity index (χ0n) is 17.5. The van der Waals surface area contributed by atoms with Gasteiger partial charge in [-0.1, -0.05) is 43.7 Å². The molecule has 0 saturated carbocycles. The van der Waals surface area contributed by atoms with Crippen LogP contribution >= 0.6 is 0 Å². The molecule has 1 fully saturated rings. The van der Waals surface area contributed by atoms with E-state index in [0.29, 0.717) is 30.6 Å². The Morgan fingerprint density at radius 3 is 2.50 bits per heavy atom. The molecule has 30 heavy (non-hydrogen) atoms. The van der Waals surface area contributed by atoms with Gasteiger partial charge in [-0.2, -0.15) is 0 Å². The summed E-state index contributed by atoms with van der Waals surface area (Å²) in [4.78, 5) is 44.6. The summed E-state index contributed by atoms with van der Waals surface area (Å²) in [6.07, 6.45) is 2.71. The van der Waals surface area contributed by atoms with E-state index >= 15 is 0 Å². The van der Waals surface area contributed by atoms with Crippen molar-refractivity contribution in [2.75, 3.05) is 22.9 Å². The van der Waals surface area contributed by atoms with Gasteiger partial charge < -0.3 is 9.80 Å². The molecule has 0 spiro atoms. The Kier molecular flexibility index (Phi) is 5.33. The molecule has 0 aromatic heterocycles. The van der Waals surface area contributed by atoms with E-state index in [4.69, 9.17) is 0 Å². The van der Waals surface area contributed by atoms with E-state index in [1.54, 1.807) is 26.8 Å². The average molecular weight is 405 g/mol. The minimum Gasteiger partial charge on any atom is -0.311 e. The van der Waals surface area contributed by atoms with Crippen LogP contribution in [0.4, 0.5) is 11.4 Å². The fraction of sp³-hybridized carbons (Fsp3) is 0.375. The van der Waals surface area contributed by atoms with Crippen LogP contribution in [0.15, 0.2) is 54.6 Å². The molecule has 2 heterocycles. The molecular weight excluding hydrogens is 378 g/mol. The molecule has 0 N–H and O–H groups in total. The van der Waals surface area contributed by atoms with Gasteiger partial charge in [-0.15, -0.1) is 0 Å². The lowest BCUT2D eigenvalue weighted by Crippen LogP contribution is -2.64. The van der Waals surface area contributed by atoms with Crippen LogP contribution < -0.4 is 9.80 Å². The normalized spacial score (nSPS) is 20.2. The van der Waals surface area contributed by atoms with Gasteiger partial charge in [0.15, 0.2) is 0 Å². The fourth-order valence-corrected chi connectivity index (χ4v) is 4.48. The van der Waals surface area contributed by atoms with Crippen LogP contribution in [0.3, 0.4) is 0 Å². The summed E-state index contributed by atoms with van der Waals surface area (Å²) in [7, 11) is 0.